The van der Waals surface area contributed by atoms with Crippen LogP contribution < -0.4 is 5.32 Å². The summed E-state index contributed by atoms with van der Waals surface area (Å²) in [5.41, 5.74) is -0.0368. The first kappa shape index (κ1) is 18.0. The quantitative estimate of drug-likeness (QED) is 0.882. The lowest BCUT2D eigenvalue weighted by molar-refractivity contribution is -0.128. The molecule has 6 nitrogen and oxygen atoms in total. The highest BCUT2D eigenvalue weighted by molar-refractivity contribution is 7.89. The smallest absolute Gasteiger partial charge is 0.267 e. The van der Waals surface area contributed by atoms with E-state index in [2.05, 4.69) is 5.32 Å². The van der Waals surface area contributed by atoms with E-state index in [1.807, 2.05) is 0 Å². The first-order chi connectivity index (χ1) is 12.3. The van der Waals surface area contributed by atoms with Crippen molar-refractivity contribution in [3.63, 3.8) is 0 Å². The molecule has 0 saturated carbocycles. The van der Waals surface area contributed by atoms with Crippen molar-refractivity contribution in [3.05, 3.63) is 60.2 Å². The van der Waals surface area contributed by atoms with E-state index in [0.717, 1.165) is 18.2 Å². The van der Waals surface area contributed by atoms with Crippen molar-refractivity contribution in [3.8, 4) is 0 Å². The fraction of sp³-hybridized carbons (Fsp3) is 0.176. The third-order valence-electron chi connectivity index (χ3n) is 3.95. The number of benzene rings is 2. The molecule has 1 saturated heterocycles. The normalized spacial score (nSPS) is 17.4. The lowest BCUT2D eigenvalue weighted by Crippen LogP contribution is -2.45. The number of carbonyl (C=O) groups is 2. The maximum Gasteiger partial charge on any atom is 0.267 e. The Hall–Kier alpha value is -2.81. The van der Waals surface area contributed by atoms with E-state index in [1.165, 1.54) is 24.3 Å². The van der Waals surface area contributed by atoms with Gasteiger partial charge in [0.2, 0.25) is 11.8 Å². The van der Waals surface area contributed by atoms with E-state index in [-0.39, 0.29) is 23.4 Å². The van der Waals surface area contributed by atoms with E-state index in [9.17, 15) is 26.8 Å². The van der Waals surface area contributed by atoms with Crippen molar-refractivity contribution in [1.29, 1.82) is 0 Å². The summed E-state index contributed by atoms with van der Waals surface area (Å²) in [6, 6.07) is 8.77. The van der Waals surface area contributed by atoms with Gasteiger partial charge in [0.25, 0.3) is 10.0 Å². The van der Waals surface area contributed by atoms with Gasteiger partial charge < -0.3 is 5.32 Å². The standard InChI is InChI=1S/C17H14F2N2O4S/c18-13-7-6-11(10-14(13)19)20-17(23)15-8-9-16(22)21(15)26(24,25)12-4-2-1-3-5-12/h1-7,10,15H,8-9H2,(H,20,23)/t15-/m1/s1. The van der Waals surface area contributed by atoms with Gasteiger partial charge >= 0.3 is 0 Å². The second-order valence-corrected chi connectivity index (χ2v) is 7.50. The minimum absolute atomic E-state index is 0.000404. The SMILES string of the molecule is O=C(Nc1ccc(F)c(F)c1)[C@H]1CCC(=O)N1S(=O)(=O)c1ccccc1. The molecule has 0 aromatic heterocycles. The molecule has 26 heavy (non-hydrogen) atoms. The molecule has 2 amide bonds. The van der Waals surface area contributed by atoms with Crippen LogP contribution >= 0.6 is 0 Å². The van der Waals surface area contributed by atoms with Crippen LogP contribution in [-0.2, 0) is 19.6 Å². The number of nitrogens with one attached hydrogen (secondary N) is 1. The van der Waals surface area contributed by atoms with Gasteiger partial charge in [-0.2, -0.15) is 0 Å². The fourth-order valence-corrected chi connectivity index (χ4v) is 4.33. The summed E-state index contributed by atoms with van der Waals surface area (Å²) in [6.45, 7) is 0. The number of carbonyl (C=O) groups excluding carboxylic acids is 2. The zero-order chi connectivity index (χ0) is 18.9. The van der Waals surface area contributed by atoms with Crippen molar-refractivity contribution < 1.29 is 26.8 Å². The summed E-state index contributed by atoms with van der Waals surface area (Å²) in [5.74, 6) is -3.72. The molecule has 0 bridgehead atoms. The highest BCUT2D eigenvalue weighted by atomic mass is 32.2. The van der Waals surface area contributed by atoms with Crippen LogP contribution in [0.4, 0.5) is 14.5 Å². The maximum absolute atomic E-state index is 13.3. The number of amides is 2. The Morgan fingerprint density at radius 2 is 1.77 bits per heavy atom. The Morgan fingerprint density at radius 3 is 2.42 bits per heavy atom. The van der Waals surface area contributed by atoms with Crippen LogP contribution in [0.25, 0.3) is 0 Å². The van der Waals surface area contributed by atoms with Crippen molar-refractivity contribution >= 4 is 27.5 Å². The lowest BCUT2D eigenvalue weighted by atomic mass is 10.2. The van der Waals surface area contributed by atoms with Crippen LogP contribution in [0, 0.1) is 11.6 Å². The molecule has 1 atom stereocenters. The summed E-state index contributed by atoms with van der Waals surface area (Å²) < 4.78 is 52.2. The molecule has 9 heteroatoms. The number of sulfonamides is 1. The van der Waals surface area contributed by atoms with Crippen molar-refractivity contribution in [2.75, 3.05) is 5.32 Å². The minimum atomic E-state index is -4.20. The van der Waals surface area contributed by atoms with E-state index in [0.29, 0.717) is 4.31 Å². The Labute approximate surface area is 148 Å². The molecule has 0 unspecified atom stereocenters. The van der Waals surface area contributed by atoms with Crippen molar-refractivity contribution in [2.24, 2.45) is 0 Å². The Kier molecular flexibility index (Phi) is 4.73. The summed E-state index contributed by atoms with van der Waals surface area (Å²) >= 11 is 0. The molecule has 136 valence electrons. The maximum atomic E-state index is 13.3. The largest absolute Gasteiger partial charge is 0.324 e. The first-order valence-electron chi connectivity index (χ1n) is 7.69. The molecule has 2 aromatic carbocycles. The second-order valence-electron chi connectivity index (χ2n) is 5.68. The Morgan fingerprint density at radius 1 is 1.08 bits per heavy atom. The lowest BCUT2D eigenvalue weighted by Gasteiger charge is -2.23. The molecule has 0 spiro atoms. The molecule has 1 N–H and O–H groups in total. The third-order valence-corrected chi connectivity index (χ3v) is 5.79. The van der Waals surface area contributed by atoms with E-state index >= 15 is 0 Å². The molecule has 1 aliphatic heterocycles. The fourth-order valence-electron chi connectivity index (χ4n) is 2.71. The zero-order valence-electron chi connectivity index (χ0n) is 13.4. The number of anilines is 1. The number of halogens is 2. The highest BCUT2D eigenvalue weighted by Crippen LogP contribution is 2.28. The number of nitrogens with zero attached hydrogens (tertiary/aromatic N) is 1. The predicted octanol–water partition coefficient (Wildman–Crippen LogP) is 2.28. The summed E-state index contributed by atoms with van der Waals surface area (Å²) in [4.78, 5) is 24.5. The van der Waals surface area contributed by atoms with Gasteiger partial charge in [0.1, 0.15) is 6.04 Å². The molecule has 1 fully saturated rings. The van der Waals surface area contributed by atoms with Crippen LogP contribution in [0.3, 0.4) is 0 Å². The predicted molar refractivity (Wildman–Crippen MR) is 88.5 cm³/mol. The van der Waals surface area contributed by atoms with E-state index in [4.69, 9.17) is 0 Å². The van der Waals surface area contributed by atoms with Gasteiger partial charge in [0.05, 0.1) is 4.90 Å². The van der Waals surface area contributed by atoms with Crippen LogP contribution in [0.15, 0.2) is 53.4 Å². The van der Waals surface area contributed by atoms with Crippen molar-refractivity contribution in [2.45, 2.75) is 23.8 Å². The van der Waals surface area contributed by atoms with Crippen molar-refractivity contribution in [1.82, 2.24) is 4.31 Å². The summed E-state index contributed by atoms with van der Waals surface area (Å²) in [6.07, 6.45) is -0.109. The molecule has 0 radical (unpaired) electrons. The Balaban J connectivity index is 1.87. The Bertz CT molecular complexity index is 964. The average molecular weight is 380 g/mol. The topological polar surface area (TPSA) is 83.6 Å². The molecule has 0 aliphatic carbocycles. The zero-order valence-corrected chi connectivity index (χ0v) is 14.2. The van der Waals surface area contributed by atoms with Gasteiger partial charge in [-0.15, -0.1) is 0 Å². The molecular formula is C17H14F2N2O4S. The van der Waals surface area contributed by atoms with E-state index in [1.54, 1.807) is 6.07 Å². The number of hydrogen-bond donors (Lipinski definition) is 1. The number of rotatable bonds is 4. The van der Waals surface area contributed by atoms with Crippen LogP contribution in [0.2, 0.25) is 0 Å². The van der Waals surface area contributed by atoms with Gasteiger partial charge in [-0.05, 0) is 30.7 Å². The van der Waals surface area contributed by atoms with Crippen LogP contribution in [0.1, 0.15) is 12.8 Å². The van der Waals surface area contributed by atoms with Gasteiger partial charge in [-0.1, -0.05) is 18.2 Å². The van der Waals surface area contributed by atoms with Gasteiger partial charge in [0, 0.05) is 18.2 Å². The molecular weight excluding hydrogens is 366 g/mol. The number of hydrogen-bond acceptors (Lipinski definition) is 4. The van der Waals surface area contributed by atoms with Crippen LogP contribution in [-0.4, -0.2) is 30.6 Å². The van der Waals surface area contributed by atoms with E-state index < -0.39 is 39.5 Å². The van der Waals surface area contributed by atoms with Gasteiger partial charge in [-0.25, -0.2) is 21.5 Å². The van der Waals surface area contributed by atoms with Gasteiger partial charge in [-0.3, -0.25) is 9.59 Å². The second kappa shape index (κ2) is 6.83. The van der Waals surface area contributed by atoms with Crippen LogP contribution in [0.5, 0.6) is 0 Å². The average Bonchev–Trinajstić information content (AvgIpc) is 3.01. The van der Waals surface area contributed by atoms with Gasteiger partial charge in [0.15, 0.2) is 11.6 Å². The highest BCUT2D eigenvalue weighted by Gasteiger charge is 2.44. The molecule has 2 aromatic rings. The minimum Gasteiger partial charge on any atom is -0.324 e. The summed E-state index contributed by atoms with van der Waals surface area (Å²) in [5, 5.41) is 2.32. The molecule has 3 rings (SSSR count). The monoisotopic (exact) mass is 380 g/mol. The first-order valence-corrected chi connectivity index (χ1v) is 9.13. The third kappa shape index (κ3) is 3.30. The molecule has 1 heterocycles. The summed E-state index contributed by atoms with van der Waals surface area (Å²) in [7, 11) is -4.20. The molecule has 1 aliphatic rings.